The summed E-state index contributed by atoms with van der Waals surface area (Å²) in [4.78, 5) is 0. The molecule has 0 aliphatic heterocycles. The zero-order valence-electron chi connectivity index (χ0n) is 9.59. The van der Waals surface area contributed by atoms with Crippen LogP contribution in [0.1, 0.15) is 12.5 Å². The first-order valence-electron chi connectivity index (χ1n) is 5.27. The molecule has 1 atom stereocenters. The molecule has 0 saturated carbocycles. The van der Waals surface area contributed by atoms with Crippen LogP contribution < -0.4 is 5.32 Å². The molecule has 1 nitrogen and oxygen atoms in total. The van der Waals surface area contributed by atoms with Crippen LogP contribution in [0, 0.1) is 5.92 Å². The number of hydrogen-bond donors (Lipinski definition) is 1. The van der Waals surface area contributed by atoms with E-state index < -0.39 is 0 Å². The highest BCUT2D eigenvalue weighted by Crippen LogP contribution is 2.23. The molecule has 1 aromatic rings. The Hall–Kier alpha value is 0.490. The van der Waals surface area contributed by atoms with Gasteiger partial charge >= 0.3 is 0 Å². The van der Waals surface area contributed by atoms with Crippen molar-refractivity contribution in [2.45, 2.75) is 13.5 Å². The first-order chi connectivity index (χ1) is 7.63. The van der Waals surface area contributed by atoms with E-state index in [0.717, 1.165) is 28.0 Å². The molecule has 1 rings (SSSR count). The molecule has 0 aromatic heterocycles. The van der Waals surface area contributed by atoms with Crippen LogP contribution in [0.25, 0.3) is 0 Å². The summed E-state index contributed by atoms with van der Waals surface area (Å²) in [5.74, 6) is 1.95. The summed E-state index contributed by atoms with van der Waals surface area (Å²) in [6.45, 7) is 4.29. The van der Waals surface area contributed by atoms with Gasteiger partial charge in [-0.15, -0.1) is 0 Å². The lowest BCUT2D eigenvalue weighted by atomic mass is 10.2. The van der Waals surface area contributed by atoms with Crippen molar-refractivity contribution >= 4 is 43.6 Å². The lowest BCUT2D eigenvalue weighted by molar-refractivity contribution is 0.559. The summed E-state index contributed by atoms with van der Waals surface area (Å²) in [6.07, 6.45) is 2.16. The maximum absolute atomic E-state index is 3.51. The first-order valence-corrected chi connectivity index (χ1v) is 8.25. The fourth-order valence-electron chi connectivity index (χ4n) is 1.46. The highest BCUT2D eigenvalue weighted by molar-refractivity contribution is 9.13. The van der Waals surface area contributed by atoms with Crippen molar-refractivity contribution in [3.05, 3.63) is 32.7 Å². The number of rotatable bonds is 6. The molecular formula is C12H17Br2NS. The molecule has 0 radical (unpaired) electrons. The fourth-order valence-corrected chi connectivity index (χ4v) is 2.82. The van der Waals surface area contributed by atoms with E-state index in [1.54, 1.807) is 0 Å². The summed E-state index contributed by atoms with van der Waals surface area (Å²) < 4.78 is 2.22. The van der Waals surface area contributed by atoms with Gasteiger partial charge < -0.3 is 5.32 Å². The Morgan fingerprint density at radius 2 is 2.06 bits per heavy atom. The van der Waals surface area contributed by atoms with Crippen molar-refractivity contribution in [2.75, 3.05) is 18.6 Å². The van der Waals surface area contributed by atoms with Gasteiger partial charge in [0.1, 0.15) is 0 Å². The van der Waals surface area contributed by atoms with E-state index in [9.17, 15) is 0 Å². The summed E-state index contributed by atoms with van der Waals surface area (Å²) in [5, 5.41) is 3.48. The van der Waals surface area contributed by atoms with Crippen molar-refractivity contribution in [2.24, 2.45) is 5.92 Å². The second-order valence-electron chi connectivity index (χ2n) is 3.94. The Balaban J connectivity index is 2.34. The molecule has 1 aromatic carbocycles. The second-order valence-corrected chi connectivity index (χ2v) is 6.56. The molecule has 0 saturated heterocycles. The van der Waals surface area contributed by atoms with Gasteiger partial charge in [0, 0.05) is 15.5 Å². The summed E-state index contributed by atoms with van der Waals surface area (Å²) in [7, 11) is 0. The Morgan fingerprint density at radius 1 is 1.31 bits per heavy atom. The monoisotopic (exact) mass is 365 g/mol. The third kappa shape index (κ3) is 5.21. The summed E-state index contributed by atoms with van der Waals surface area (Å²) in [6, 6.07) is 6.36. The Morgan fingerprint density at radius 3 is 2.69 bits per heavy atom. The Labute approximate surface area is 119 Å². The van der Waals surface area contributed by atoms with Crippen molar-refractivity contribution < 1.29 is 0 Å². The summed E-state index contributed by atoms with van der Waals surface area (Å²) >= 11 is 8.89. The molecule has 0 amide bonds. The minimum Gasteiger partial charge on any atom is -0.312 e. The van der Waals surface area contributed by atoms with Gasteiger partial charge in [0.15, 0.2) is 0 Å². The van der Waals surface area contributed by atoms with Crippen LogP contribution >= 0.6 is 43.6 Å². The minimum absolute atomic E-state index is 0.730. The van der Waals surface area contributed by atoms with Gasteiger partial charge in [-0.3, -0.25) is 0 Å². The molecule has 0 bridgehead atoms. The standard InChI is InChI=1S/C12H17Br2NS/c1-9(8-16-2)6-15-7-10-3-4-11(13)12(14)5-10/h3-5,9,15H,6-8H2,1-2H3. The zero-order chi connectivity index (χ0) is 12.0. The number of benzene rings is 1. The van der Waals surface area contributed by atoms with Gasteiger partial charge in [-0.25, -0.2) is 0 Å². The lowest BCUT2D eigenvalue weighted by Gasteiger charge is -2.11. The number of thioether (sulfide) groups is 1. The van der Waals surface area contributed by atoms with Gasteiger partial charge in [0.05, 0.1) is 0 Å². The maximum Gasteiger partial charge on any atom is 0.0320 e. The second kappa shape index (κ2) is 7.75. The number of nitrogens with one attached hydrogen (secondary N) is 1. The zero-order valence-corrected chi connectivity index (χ0v) is 13.6. The van der Waals surface area contributed by atoms with Crippen LogP contribution in [0.2, 0.25) is 0 Å². The molecule has 0 aliphatic carbocycles. The highest BCUT2D eigenvalue weighted by Gasteiger charge is 2.01. The molecule has 90 valence electrons. The molecule has 0 heterocycles. The molecule has 0 aliphatic rings. The van der Waals surface area contributed by atoms with Gasteiger partial charge in [-0.05, 0) is 74.0 Å². The molecular weight excluding hydrogens is 350 g/mol. The minimum atomic E-state index is 0.730. The van der Waals surface area contributed by atoms with E-state index in [0.29, 0.717) is 0 Å². The maximum atomic E-state index is 3.51. The Kier molecular flexibility index (Phi) is 7.04. The van der Waals surface area contributed by atoms with Crippen LogP contribution in [0.5, 0.6) is 0 Å². The van der Waals surface area contributed by atoms with Crippen LogP contribution in [0.15, 0.2) is 27.1 Å². The van der Waals surface area contributed by atoms with Crippen LogP contribution in [0.3, 0.4) is 0 Å². The summed E-state index contributed by atoms with van der Waals surface area (Å²) in [5.41, 5.74) is 1.31. The quantitative estimate of drug-likeness (QED) is 0.805. The van der Waals surface area contributed by atoms with Crippen LogP contribution in [-0.2, 0) is 6.54 Å². The third-order valence-corrected chi connectivity index (χ3v) is 5.04. The van der Waals surface area contributed by atoms with Crippen molar-refractivity contribution in [3.63, 3.8) is 0 Å². The smallest absolute Gasteiger partial charge is 0.0320 e. The largest absolute Gasteiger partial charge is 0.312 e. The molecule has 1 N–H and O–H groups in total. The average molecular weight is 367 g/mol. The molecule has 0 fully saturated rings. The third-order valence-electron chi connectivity index (χ3n) is 2.26. The number of halogens is 2. The van der Waals surface area contributed by atoms with E-state index in [1.165, 1.54) is 11.3 Å². The van der Waals surface area contributed by atoms with E-state index in [4.69, 9.17) is 0 Å². The topological polar surface area (TPSA) is 12.0 Å². The highest BCUT2D eigenvalue weighted by atomic mass is 79.9. The fraction of sp³-hybridized carbons (Fsp3) is 0.500. The van der Waals surface area contributed by atoms with Gasteiger partial charge in [-0.1, -0.05) is 13.0 Å². The predicted octanol–water partition coefficient (Wildman–Crippen LogP) is 4.30. The van der Waals surface area contributed by atoms with Gasteiger partial charge in [-0.2, -0.15) is 11.8 Å². The van der Waals surface area contributed by atoms with Crippen LogP contribution in [0.4, 0.5) is 0 Å². The molecule has 4 heteroatoms. The molecule has 1 unspecified atom stereocenters. The first kappa shape index (κ1) is 14.6. The normalized spacial score (nSPS) is 12.8. The van der Waals surface area contributed by atoms with E-state index in [-0.39, 0.29) is 0 Å². The average Bonchev–Trinajstić information content (AvgIpc) is 2.24. The van der Waals surface area contributed by atoms with Crippen molar-refractivity contribution in [1.29, 1.82) is 0 Å². The van der Waals surface area contributed by atoms with E-state index >= 15 is 0 Å². The number of hydrogen-bond acceptors (Lipinski definition) is 2. The van der Waals surface area contributed by atoms with Crippen molar-refractivity contribution in [3.8, 4) is 0 Å². The Bertz CT molecular complexity index is 331. The SMILES string of the molecule is CSCC(C)CNCc1ccc(Br)c(Br)c1. The van der Waals surface area contributed by atoms with Crippen molar-refractivity contribution in [1.82, 2.24) is 5.32 Å². The van der Waals surface area contributed by atoms with Gasteiger partial charge in [0.25, 0.3) is 0 Å². The predicted molar refractivity (Wildman–Crippen MR) is 81.1 cm³/mol. The van der Waals surface area contributed by atoms with Crippen LogP contribution in [-0.4, -0.2) is 18.6 Å². The van der Waals surface area contributed by atoms with E-state index in [1.807, 2.05) is 11.8 Å². The lowest BCUT2D eigenvalue weighted by Crippen LogP contribution is -2.21. The van der Waals surface area contributed by atoms with E-state index in [2.05, 4.69) is 68.6 Å². The van der Waals surface area contributed by atoms with Gasteiger partial charge in [0.2, 0.25) is 0 Å². The molecule has 0 spiro atoms. The molecule has 16 heavy (non-hydrogen) atoms.